The third-order valence-electron chi connectivity index (χ3n) is 14.3. The number of anilines is 3. The highest BCUT2D eigenvalue weighted by Gasteiger charge is 2.46. The molecule has 0 unspecified atom stereocenters. The number of hydrogen-bond donors (Lipinski definition) is 0. The van der Waals surface area contributed by atoms with Gasteiger partial charge in [-0.05, 0) is 103 Å². The van der Waals surface area contributed by atoms with Crippen LogP contribution in [0.5, 0.6) is 0 Å². The second-order valence-corrected chi connectivity index (χ2v) is 18.0. The van der Waals surface area contributed by atoms with Gasteiger partial charge in [0.2, 0.25) is 0 Å². The number of nitrogens with zero attached hydrogens (tertiary/aromatic N) is 1. The molecule has 2 aliphatic rings. The van der Waals surface area contributed by atoms with Gasteiger partial charge >= 0.3 is 0 Å². The van der Waals surface area contributed by atoms with E-state index in [4.69, 9.17) is 4.42 Å². The first-order valence-corrected chi connectivity index (χ1v) is 22.3. The molecule has 0 saturated heterocycles. The molecule has 0 fully saturated rings. The van der Waals surface area contributed by atoms with Gasteiger partial charge < -0.3 is 9.32 Å². The van der Waals surface area contributed by atoms with E-state index in [1.165, 1.54) is 61.0 Å². The van der Waals surface area contributed by atoms with Crippen LogP contribution in [-0.2, 0) is 10.8 Å². The lowest BCUT2D eigenvalue weighted by molar-refractivity contribution is 0.660. The molecule has 2 heteroatoms. The molecule has 64 heavy (non-hydrogen) atoms. The molecule has 13 rings (SSSR count). The molecule has 0 radical (unpaired) electrons. The van der Waals surface area contributed by atoms with E-state index in [0.29, 0.717) is 0 Å². The van der Waals surface area contributed by atoms with Crippen LogP contribution < -0.4 is 4.90 Å². The molecule has 0 bridgehead atoms. The van der Waals surface area contributed by atoms with Crippen molar-refractivity contribution < 1.29 is 4.42 Å². The van der Waals surface area contributed by atoms with Gasteiger partial charge in [0, 0.05) is 44.6 Å². The van der Waals surface area contributed by atoms with Crippen molar-refractivity contribution in [2.45, 2.75) is 24.7 Å². The SMILES string of the molecule is CC1(C)c2ccccc2-c2ccc(N(c3ccc4c(c3)C(c3ccccc3)(c3ccccc3)c3ccccc3-4)c3cc4oc5c6ccccc6ccc5c4cc3-c3ccccc3)cc21. The smallest absolute Gasteiger partial charge is 0.143 e. The van der Waals surface area contributed by atoms with Crippen molar-refractivity contribution in [2.75, 3.05) is 4.90 Å². The summed E-state index contributed by atoms with van der Waals surface area (Å²) in [5, 5.41) is 4.50. The van der Waals surface area contributed by atoms with Gasteiger partial charge in [-0.1, -0.05) is 196 Å². The topological polar surface area (TPSA) is 16.4 Å². The summed E-state index contributed by atoms with van der Waals surface area (Å²) >= 11 is 0. The highest BCUT2D eigenvalue weighted by atomic mass is 16.3. The zero-order valence-electron chi connectivity index (χ0n) is 35.7. The van der Waals surface area contributed by atoms with E-state index >= 15 is 0 Å². The molecule has 10 aromatic carbocycles. The summed E-state index contributed by atoms with van der Waals surface area (Å²) in [5.74, 6) is 0. The minimum atomic E-state index is -0.552. The minimum Gasteiger partial charge on any atom is -0.455 e. The predicted octanol–water partition coefficient (Wildman–Crippen LogP) is 16.5. The molecule has 1 heterocycles. The van der Waals surface area contributed by atoms with Crippen molar-refractivity contribution in [3.05, 3.63) is 258 Å². The maximum Gasteiger partial charge on any atom is 0.143 e. The Morgan fingerprint density at radius 1 is 0.375 bits per heavy atom. The molecule has 302 valence electrons. The van der Waals surface area contributed by atoms with Crippen LogP contribution in [0.15, 0.2) is 229 Å². The van der Waals surface area contributed by atoms with E-state index in [0.717, 1.165) is 55.5 Å². The Kier molecular flexibility index (Phi) is 7.90. The number of rotatable bonds is 6. The summed E-state index contributed by atoms with van der Waals surface area (Å²) in [5.41, 5.74) is 19.4. The number of hydrogen-bond acceptors (Lipinski definition) is 2. The van der Waals surface area contributed by atoms with E-state index in [1.54, 1.807) is 0 Å². The zero-order valence-corrected chi connectivity index (χ0v) is 35.7. The summed E-state index contributed by atoms with van der Waals surface area (Å²) in [6.45, 7) is 4.74. The van der Waals surface area contributed by atoms with Crippen LogP contribution in [0.25, 0.3) is 66.1 Å². The van der Waals surface area contributed by atoms with Crippen molar-refractivity contribution in [2.24, 2.45) is 0 Å². The maximum atomic E-state index is 7.01. The first-order valence-electron chi connectivity index (χ1n) is 22.3. The molecule has 0 saturated carbocycles. The third-order valence-corrected chi connectivity index (χ3v) is 14.3. The van der Waals surface area contributed by atoms with Crippen LogP contribution in [0.4, 0.5) is 17.1 Å². The quantitative estimate of drug-likeness (QED) is 0.166. The van der Waals surface area contributed by atoms with E-state index in [2.05, 4.69) is 243 Å². The fraction of sp³-hybridized carbons (Fsp3) is 0.0645. The maximum absolute atomic E-state index is 7.01. The van der Waals surface area contributed by atoms with Gasteiger partial charge in [0.1, 0.15) is 11.2 Å². The Hall–Kier alpha value is -7.94. The van der Waals surface area contributed by atoms with Crippen LogP contribution in [-0.4, -0.2) is 0 Å². The van der Waals surface area contributed by atoms with Gasteiger partial charge in [-0.25, -0.2) is 0 Å². The summed E-state index contributed by atoms with van der Waals surface area (Å²) < 4.78 is 7.01. The average Bonchev–Trinajstić information content (AvgIpc) is 3.95. The molecule has 0 spiro atoms. The number of benzene rings is 10. The lowest BCUT2D eigenvalue weighted by Crippen LogP contribution is -2.28. The second-order valence-electron chi connectivity index (χ2n) is 18.0. The minimum absolute atomic E-state index is 0.186. The fourth-order valence-corrected chi connectivity index (χ4v) is 11.4. The molecule has 0 amide bonds. The van der Waals surface area contributed by atoms with Gasteiger partial charge in [-0.3, -0.25) is 0 Å². The lowest BCUT2D eigenvalue weighted by atomic mass is 9.67. The Morgan fingerprint density at radius 2 is 0.922 bits per heavy atom. The van der Waals surface area contributed by atoms with Crippen LogP contribution in [0.2, 0.25) is 0 Å². The zero-order chi connectivity index (χ0) is 42.6. The molecule has 0 aliphatic heterocycles. The normalized spacial score (nSPS) is 14.0. The molecular weight excluding hydrogens is 775 g/mol. The second kappa shape index (κ2) is 13.8. The molecule has 2 nitrogen and oxygen atoms in total. The van der Waals surface area contributed by atoms with E-state index in [-0.39, 0.29) is 5.41 Å². The Bertz CT molecular complexity index is 3600. The standard InChI is InChI=1S/C62H43NO/c1-61(2)54-28-16-14-26-47(54)49-34-31-44(36-56(49)61)63(58-39-59-53(38-52(58)40-18-6-3-7-19-40)51-33-30-41-20-12-13-25-46(41)60(51)64-59)45-32-35-50-48-27-15-17-29-55(48)62(57(50)37-45,42-21-8-4-9-22-42)43-23-10-5-11-24-43/h3-39H,1-2H3. The third kappa shape index (κ3) is 5.14. The van der Waals surface area contributed by atoms with Crippen molar-refractivity contribution in [1.29, 1.82) is 0 Å². The largest absolute Gasteiger partial charge is 0.455 e. The van der Waals surface area contributed by atoms with Crippen molar-refractivity contribution in [3.8, 4) is 33.4 Å². The average molecular weight is 818 g/mol. The van der Waals surface area contributed by atoms with Crippen molar-refractivity contribution in [1.82, 2.24) is 0 Å². The van der Waals surface area contributed by atoms with Gasteiger partial charge in [-0.15, -0.1) is 0 Å². The highest BCUT2D eigenvalue weighted by molar-refractivity contribution is 6.17. The molecule has 11 aromatic rings. The Morgan fingerprint density at radius 3 is 1.62 bits per heavy atom. The monoisotopic (exact) mass is 817 g/mol. The molecule has 2 aliphatic carbocycles. The van der Waals surface area contributed by atoms with Crippen LogP contribution in [0.1, 0.15) is 47.2 Å². The van der Waals surface area contributed by atoms with Gasteiger partial charge in [0.05, 0.1) is 11.1 Å². The van der Waals surface area contributed by atoms with Gasteiger partial charge in [-0.2, -0.15) is 0 Å². The molecule has 0 N–H and O–H groups in total. The van der Waals surface area contributed by atoms with Gasteiger partial charge in [0.25, 0.3) is 0 Å². The van der Waals surface area contributed by atoms with Crippen LogP contribution in [0.3, 0.4) is 0 Å². The fourth-order valence-electron chi connectivity index (χ4n) is 11.4. The molecule has 0 atom stereocenters. The lowest BCUT2D eigenvalue weighted by Gasteiger charge is -2.35. The first kappa shape index (κ1) is 36.7. The molecule has 1 aromatic heterocycles. The van der Waals surface area contributed by atoms with Crippen LogP contribution in [0, 0.1) is 0 Å². The summed E-state index contributed by atoms with van der Waals surface area (Å²) in [6, 6.07) is 82.9. The summed E-state index contributed by atoms with van der Waals surface area (Å²) in [6.07, 6.45) is 0. The van der Waals surface area contributed by atoms with Gasteiger partial charge in [0.15, 0.2) is 0 Å². The number of fused-ring (bicyclic) bond motifs is 11. The van der Waals surface area contributed by atoms with E-state index in [9.17, 15) is 0 Å². The summed E-state index contributed by atoms with van der Waals surface area (Å²) in [4.78, 5) is 2.50. The van der Waals surface area contributed by atoms with Crippen LogP contribution >= 0.6 is 0 Å². The van der Waals surface area contributed by atoms with E-state index < -0.39 is 5.41 Å². The predicted molar refractivity (Wildman–Crippen MR) is 266 cm³/mol. The highest BCUT2D eigenvalue weighted by Crippen LogP contribution is 2.58. The Balaban J connectivity index is 1.13. The summed E-state index contributed by atoms with van der Waals surface area (Å²) in [7, 11) is 0. The van der Waals surface area contributed by atoms with Crippen molar-refractivity contribution in [3.63, 3.8) is 0 Å². The Labute approximate surface area is 373 Å². The molecular formula is C62H43NO. The first-order chi connectivity index (χ1) is 31.5. The van der Waals surface area contributed by atoms with E-state index in [1.807, 2.05) is 0 Å². The van der Waals surface area contributed by atoms with Crippen molar-refractivity contribution >= 4 is 49.8 Å². The number of furan rings is 1.